The zero-order chi connectivity index (χ0) is 20.5. The molecular weight excluding hydrogens is 366 g/mol. The number of aromatic nitrogens is 2. The molecule has 2 aliphatic rings. The van der Waals surface area contributed by atoms with Crippen LogP contribution < -0.4 is 10.6 Å². The largest absolute Gasteiger partial charge is 0.393 e. The van der Waals surface area contributed by atoms with Crippen LogP contribution in [0.5, 0.6) is 0 Å². The van der Waals surface area contributed by atoms with Gasteiger partial charge in [0.2, 0.25) is 5.95 Å². The third-order valence-corrected chi connectivity index (χ3v) is 5.92. The van der Waals surface area contributed by atoms with Crippen molar-refractivity contribution in [3.63, 3.8) is 0 Å². The van der Waals surface area contributed by atoms with Crippen LogP contribution in [0.1, 0.15) is 87.9 Å². The highest BCUT2D eigenvalue weighted by Gasteiger charge is 2.21. The number of hydrogen-bond donors (Lipinski definition) is 3. The van der Waals surface area contributed by atoms with Crippen LogP contribution >= 0.6 is 0 Å². The average molecular weight is 402 g/mol. The van der Waals surface area contributed by atoms with Gasteiger partial charge >= 0.3 is 0 Å². The van der Waals surface area contributed by atoms with E-state index in [9.17, 15) is 9.90 Å². The maximum atomic E-state index is 12.9. The summed E-state index contributed by atoms with van der Waals surface area (Å²) >= 11 is 0. The Morgan fingerprint density at radius 1 is 1.21 bits per heavy atom. The van der Waals surface area contributed by atoms with Gasteiger partial charge in [-0.15, -0.1) is 0 Å². The number of hydrogen-bond acceptors (Lipinski definition) is 6. The van der Waals surface area contributed by atoms with Gasteiger partial charge in [0.15, 0.2) is 5.82 Å². The zero-order valence-electron chi connectivity index (χ0n) is 17.6. The minimum atomic E-state index is -0.190. The molecule has 0 aromatic carbocycles. The molecule has 0 radical (unpaired) electrons. The van der Waals surface area contributed by atoms with Crippen LogP contribution in [0.2, 0.25) is 0 Å². The van der Waals surface area contributed by atoms with Gasteiger partial charge in [0.05, 0.1) is 6.10 Å². The number of nitrogens with zero attached hydrogens (tertiary/aromatic N) is 3. The van der Waals surface area contributed by atoms with Crippen molar-refractivity contribution >= 4 is 23.9 Å². The van der Waals surface area contributed by atoms with Gasteiger partial charge < -0.3 is 15.7 Å². The van der Waals surface area contributed by atoms with E-state index in [0.29, 0.717) is 23.2 Å². The number of nitrogens with one attached hydrogen (secondary N) is 2. The molecule has 7 heteroatoms. The highest BCUT2D eigenvalue weighted by atomic mass is 16.3. The van der Waals surface area contributed by atoms with Crippen molar-refractivity contribution in [1.29, 1.82) is 0 Å². The number of aliphatic hydroxyl groups excluding tert-OH is 1. The van der Waals surface area contributed by atoms with E-state index < -0.39 is 0 Å². The van der Waals surface area contributed by atoms with E-state index >= 15 is 0 Å². The summed E-state index contributed by atoms with van der Waals surface area (Å²) in [5.41, 5.74) is 0.434. The molecule has 0 unspecified atom stereocenters. The molecule has 3 rings (SSSR count). The number of rotatable bonds is 8. The molecular formula is C22H35N5O2. The van der Waals surface area contributed by atoms with E-state index in [1.54, 1.807) is 6.20 Å². The Morgan fingerprint density at radius 3 is 2.69 bits per heavy atom. The highest BCUT2D eigenvalue weighted by molar-refractivity contribution is 5.98. The van der Waals surface area contributed by atoms with Crippen molar-refractivity contribution in [3.8, 4) is 0 Å². The molecule has 1 heterocycles. The van der Waals surface area contributed by atoms with Crippen LogP contribution in [0, 0.1) is 5.92 Å². The summed E-state index contributed by atoms with van der Waals surface area (Å²) in [5.74, 6) is 1.12. The SMILES string of the molecule is CCCCNc1ncc(C(=O)NC2CCCCC2)c(N=CC2CCC(O)CC2)n1. The molecule has 0 spiro atoms. The van der Waals surface area contributed by atoms with Gasteiger partial charge in [0.1, 0.15) is 5.56 Å². The number of aliphatic imine (C=N–C) groups is 1. The first-order chi connectivity index (χ1) is 14.2. The first-order valence-electron chi connectivity index (χ1n) is 11.3. The van der Waals surface area contributed by atoms with Gasteiger partial charge in [-0.3, -0.25) is 4.79 Å². The highest BCUT2D eigenvalue weighted by Crippen LogP contribution is 2.25. The van der Waals surface area contributed by atoms with Crippen molar-refractivity contribution < 1.29 is 9.90 Å². The molecule has 160 valence electrons. The molecule has 0 atom stereocenters. The lowest BCUT2D eigenvalue weighted by Crippen LogP contribution is -2.36. The normalized spacial score (nSPS) is 23.2. The van der Waals surface area contributed by atoms with Crippen LogP contribution in [0.3, 0.4) is 0 Å². The van der Waals surface area contributed by atoms with E-state index in [4.69, 9.17) is 0 Å². The van der Waals surface area contributed by atoms with Crippen LogP contribution in [0.15, 0.2) is 11.2 Å². The fourth-order valence-electron chi connectivity index (χ4n) is 4.03. The molecule has 0 bridgehead atoms. The molecule has 0 saturated heterocycles. The molecule has 1 amide bonds. The van der Waals surface area contributed by atoms with E-state index in [0.717, 1.165) is 57.9 Å². The van der Waals surface area contributed by atoms with Crippen LogP contribution in [-0.2, 0) is 0 Å². The minimum Gasteiger partial charge on any atom is -0.393 e. The van der Waals surface area contributed by atoms with E-state index in [1.165, 1.54) is 19.3 Å². The van der Waals surface area contributed by atoms with E-state index in [-0.39, 0.29) is 18.1 Å². The van der Waals surface area contributed by atoms with Crippen molar-refractivity contribution in [3.05, 3.63) is 11.8 Å². The van der Waals surface area contributed by atoms with Crippen molar-refractivity contribution in [2.75, 3.05) is 11.9 Å². The van der Waals surface area contributed by atoms with E-state index in [2.05, 4.69) is 32.5 Å². The lowest BCUT2D eigenvalue weighted by atomic mass is 9.88. The fraction of sp³-hybridized carbons (Fsp3) is 0.727. The molecule has 2 fully saturated rings. The number of unbranched alkanes of at least 4 members (excludes halogenated alkanes) is 1. The fourth-order valence-corrected chi connectivity index (χ4v) is 4.03. The molecule has 2 aliphatic carbocycles. The third-order valence-electron chi connectivity index (χ3n) is 5.92. The number of aliphatic hydroxyl groups is 1. The third kappa shape index (κ3) is 6.77. The Morgan fingerprint density at radius 2 is 1.97 bits per heavy atom. The molecule has 1 aromatic rings. The second-order valence-electron chi connectivity index (χ2n) is 8.37. The van der Waals surface area contributed by atoms with Crippen molar-refractivity contribution in [1.82, 2.24) is 15.3 Å². The molecule has 7 nitrogen and oxygen atoms in total. The summed E-state index contributed by atoms with van der Waals surface area (Å²) in [7, 11) is 0. The Hall–Kier alpha value is -2.02. The van der Waals surface area contributed by atoms with Gasteiger partial charge in [-0.05, 0) is 50.9 Å². The van der Waals surface area contributed by atoms with Crippen LogP contribution in [-0.4, -0.2) is 45.9 Å². The monoisotopic (exact) mass is 401 g/mol. The maximum absolute atomic E-state index is 12.9. The Balaban J connectivity index is 1.73. The number of anilines is 1. The van der Waals surface area contributed by atoms with E-state index in [1.807, 2.05) is 6.21 Å². The van der Waals surface area contributed by atoms with Crippen LogP contribution in [0.4, 0.5) is 11.8 Å². The van der Waals surface area contributed by atoms with Gasteiger partial charge in [0.25, 0.3) is 5.91 Å². The lowest BCUT2D eigenvalue weighted by molar-refractivity contribution is 0.0928. The van der Waals surface area contributed by atoms with Crippen molar-refractivity contribution in [2.24, 2.45) is 10.9 Å². The quantitative estimate of drug-likeness (QED) is 0.451. The Kier molecular flexibility index (Phi) is 8.40. The summed E-state index contributed by atoms with van der Waals surface area (Å²) < 4.78 is 0. The topological polar surface area (TPSA) is 99.5 Å². The van der Waals surface area contributed by atoms with Gasteiger partial charge in [-0.1, -0.05) is 32.6 Å². The predicted molar refractivity (Wildman–Crippen MR) is 116 cm³/mol. The minimum absolute atomic E-state index is 0.136. The summed E-state index contributed by atoms with van der Waals surface area (Å²) in [6, 6.07) is 0.232. The molecule has 0 aliphatic heterocycles. The molecule has 29 heavy (non-hydrogen) atoms. The summed E-state index contributed by atoms with van der Waals surface area (Å²) in [6.45, 7) is 2.94. The molecule has 2 saturated carbocycles. The molecule has 1 aromatic heterocycles. The second kappa shape index (κ2) is 11.2. The first-order valence-corrected chi connectivity index (χ1v) is 11.3. The van der Waals surface area contributed by atoms with Gasteiger partial charge in [0, 0.05) is 25.0 Å². The number of carbonyl (C=O) groups is 1. The number of amides is 1. The standard InChI is InChI=1S/C22H35N5O2/c1-2-3-13-23-22-25-15-19(21(29)26-17-7-5-4-6-8-17)20(27-22)24-14-16-9-11-18(28)12-10-16/h14-18,28H,2-13H2,1H3,(H,26,29)(H,23,25,27). The first kappa shape index (κ1) is 21.7. The van der Waals surface area contributed by atoms with Gasteiger partial charge in [-0.25, -0.2) is 9.98 Å². The van der Waals surface area contributed by atoms with Crippen molar-refractivity contribution in [2.45, 2.75) is 89.7 Å². The van der Waals surface area contributed by atoms with Gasteiger partial charge in [-0.2, -0.15) is 4.98 Å². The van der Waals surface area contributed by atoms with Crippen LogP contribution in [0.25, 0.3) is 0 Å². The summed E-state index contributed by atoms with van der Waals surface area (Å²) in [6.07, 6.45) is 14.5. The predicted octanol–water partition coefficient (Wildman–Crippen LogP) is 4.00. The smallest absolute Gasteiger partial charge is 0.256 e. The summed E-state index contributed by atoms with van der Waals surface area (Å²) in [4.78, 5) is 26.3. The maximum Gasteiger partial charge on any atom is 0.256 e. The zero-order valence-corrected chi connectivity index (χ0v) is 17.6. The Labute approximate surface area is 173 Å². The Bertz CT molecular complexity index is 680. The number of carbonyl (C=O) groups excluding carboxylic acids is 1. The lowest BCUT2D eigenvalue weighted by Gasteiger charge is -2.23. The summed E-state index contributed by atoms with van der Waals surface area (Å²) in [5, 5.41) is 16.1. The average Bonchev–Trinajstić information content (AvgIpc) is 2.74. The second-order valence-corrected chi connectivity index (χ2v) is 8.37. The molecule has 3 N–H and O–H groups in total.